The van der Waals surface area contributed by atoms with Crippen LogP contribution in [0.1, 0.15) is 18.7 Å². The molecule has 102 valence electrons. The van der Waals surface area contributed by atoms with Gasteiger partial charge in [-0.25, -0.2) is 0 Å². The van der Waals surface area contributed by atoms with E-state index in [0.29, 0.717) is 42.6 Å². The number of aromatic nitrogens is 2. The zero-order chi connectivity index (χ0) is 13.3. The Morgan fingerprint density at radius 3 is 2.84 bits per heavy atom. The molecule has 0 bridgehead atoms. The molecular formula is C12H14N2O4S. The Hall–Kier alpha value is -1.44. The molecule has 19 heavy (non-hydrogen) atoms. The summed E-state index contributed by atoms with van der Waals surface area (Å²) in [7, 11) is 1.64. The molecular weight excluding hydrogens is 268 g/mol. The van der Waals surface area contributed by atoms with Crippen LogP contribution in [0.2, 0.25) is 0 Å². The summed E-state index contributed by atoms with van der Waals surface area (Å²) in [4.78, 5) is 4.95. The molecule has 2 aromatic rings. The lowest BCUT2D eigenvalue weighted by molar-refractivity contribution is -0.101. The normalized spacial score (nSPS) is 18.6. The van der Waals surface area contributed by atoms with E-state index in [4.69, 9.17) is 14.0 Å². The Morgan fingerprint density at radius 1 is 1.42 bits per heavy atom. The summed E-state index contributed by atoms with van der Waals surface area (Å²) in [6.07, 6.45) is 1.39. The average Bonchev–Trinajstić information content (AvgIpc) is 3.08. The predicted octanol–water partition coefficient (Wildman–Crippen LogP) is 2.16. The Labute approximate surface area is 114 Å². The van der Waals surface area contributed by atoms with Crippen molar-refractivity contribution in [3.05, 3.63) is 17.3 Å². The van der Waals surface area contributed by atoms with E-state index in [2.05, 4.69) is 10.1 Å². The third-order valence-electron chi connectivity index (χ3n) is 3.36. The third-order valence-corrected chi connectivity index (χ3v) is 4.26. The minimum Gasteiger partial charge on any atom is -0.506 e. The van der Waals surface area contributed by atoms with E-state index < -0.39 is 5.60 Å². The fraction of sp³-hybridized carbons (Fsp3) is 0.500. The number of methoxy groups -OCH3 is 1. The maximum atomic E-state index is 9.68. The van der Waals surface area contributed by atoms with Crippen molar-refractivity contribution in [1.29, 1.82) is 0 Å². The van der Waals surface area contributed by atoms with Crippen molar-refractivity contribution in [2.45, 2.75) is 18.4 Å². The van der Waals surface area contributed by atoms with Gasteiger partial charge in [0.25, 0.3) is 5.89 Å². The van der Waals surface area contributed by atoms with E-state index in [1.807, 2.05) is 0 Å². The highest BCUT2D eigenvalue weighted by atomic mass is 32.1. The first-order valence-electron chi connectivity index (χ1n) is 5.99. The summed E-state index contributed by atoms with van der Waals surface area (Å²) in [6.45, 7) is 1.23. The van der Waals surface area contributed by atoms with Gasteiger partial charge in [0.1, 0.15) is 16.2 Å². The molecule has 0 aliphatic carbocycles. The molecule has 1 aliphatic rings. The third kappa shape index (κ3) is 2.13. The van der Waals surface area contributed by atoms with Crippen LogP contribution in [0, 0.1) is 0 Å². The minimum absolute atomic E-state index is 0.152. The maximum Gasteiger partial charge on any atom is 0.271 e. The maximum absolute atomic E-state index is 9.68. The van der Waals surface area contributed by atoms with Crippen molar-refractivity contribution in [1.82, 2.24) is 10.1 Å². The summed E-state index contributed by atoms with van der Waals surface area (Å²) in [5.41, 5.74) is -0.549. The molecule has 0 aromatic carbocycles. The molecule has 7 heteroatoms. The van der Waals surface area contributed by atoms with Crippen LogP contribution in [0.25, 0.3) is 10.8 Å². The zero-order valence-electron chi connectivity index (χ0n) is 10.5. The van der Waals surface area contributed by atoms with Crippen molar-refractivity contribution in [3.63, 3.8) is 0 Å². The monoisotopic (exact) mass is 282 g/mol. The molecule has 1 saturated heterocycles. The molecule has 0 saturated carbocycles. The van der Waals surface area contributed by atoms with Gasteiger partial charge in [-0.1, -0.05) is 5.16 Å². The molecule has 1 N–H and O–H groups in total. The zero-order valence-corrected chi connectivity index (χ0v) is 11.3. The Balaban J connectivity index is 1.94. The summed E-state index contributed by atoms with van der Waals surface area (Å²) in [5, 5.41) is 15.5. The van der Waals surface area contributed by atoms with E-state index in [9.17, 15) is 5.11 Å². The van der Waals surface area contributed by atoms with Gasteiger partial charge in [-0.3, -0.25) is 0 Å². The van der Waals surface area contributed by atoms with E-state index in [0.717, 1.165) is 0 Å². The van der Waals surface area contributed by atoms with Crippen molar-refractivity contribution in [2.24, 2.45) is 0 Å². The highest BCUT2D eigenvalue weighted by Crippen LogP contribution is 2.37. The predicted molar refractivity (Wildman–Crippen MR) is 68.0 cm³/mol. The lowest BCUT2D eigenvalue weighted by Crippen LogP contribution is -2.36. The van der Waals surface area contributed by atoms with Crippen molar-refractivity contribution < 1.29 is 19.1 Å². The standard InChI is InChI=1S/C12H14N2O4S/c1-16-12(3-5-17-6-4-12)11-13-10(18-14-11)9-8(15)2-7-19-9/h2,7,15H,3-6H2,1H3. The van der Waals surface area contributed by atoms with Gasteiger partial charge in [0.05, 0.1) is 0 Å². The quantitative estimate of drug-likeness (QED) is 0.929. The minimum atomic E-state index is -0.549. The van der Waals surface area contributed by atoms with Gasteiger partial charge in [0.2, 0.25) is 5.82 Å². The molecule has 0 radical (unpaired) electrons. The van der Waals surface area contributed by atoms with Crippen LogP contribution in [0.3, 0.4) is 0 Å². The van der Waals surface area contributed by atoms with Crippen LogP contribution in [0.15, 0.2) is 16.0 Å². The largest absolute Gasteiger partial charge is 0.506 e. The Kier molecular flexibility index (Phi) is 3.26. The lowest BCUT2D eigenvalue weighted by atomic mass is 9.93. The summed E-state index contributed by atoms with van der Waals surface area (Å²) < 4.78 is 16.2. The molecule has 1 aliphatic heterocycles. The first-order valence-corrected chi connectivity index (χ1v) is 6.87. The molecule has 0 atom stereocenters. The van der Waals surface area contributed by atoms with Gasteiger partial charge in [-0.05, 0) is 11.4 Å². The van der Waals surface area contributed by atoms with Gasteiger partial charge in [-0.15, -0.1) is 11.3 Å². The lowest BCUT2D eigenvalue weighted by Gasteiger charge is -2.32. The molecule has 2 aromatic heterocycles. The number of nitrogens with zero attached hydrogens (tertiary/aromatic N) is 2. The van der Waals surface area contributed by atoms with Crippen molar-refractivity contribution >= 4 is 11.3 Å². The number of hydrogen-bond donors (Lipinski definition) is 1. The SMILES string of the molecule is COC1(c2noc(-c3sccc3O)n2)CCOCC1. The van der Waals surface area contributed by atoms with E-state index >= 15 is 0 Å². The molecule has 0 amide bonds. The first-order chi connectivity index (χ1) is 9.25. The van der Waals surface area contributed by atoms with Gasteiger partial charge < -0.3 is 19.1 Å². The summed E-state index contributed by atoms with van der Waals surface area (Å²) in [5.74, 6) is 0.991. The summed E-state index contributed by atoms with van der Waals surface area (Å²) in [6, 6.07) is 1.60. The number of ether oxygens (including phenoxy) is 2. The fourth-order valence-electron chi connectivity index (χ4n) is 2.18. The highest BCUT2D eigenvalue weighted by Gasteiger charge is 2.39. The molecule has 0 spiro atoms. The van der Waals surface area contributed by atoms with E-state index in [-0.39, 0.29) is 5.75 Å². The van der Waals surface area contributed by atoms with Gasteiger partial charge in [-0.2, -0.15) is 4.98 Å². The van der Waals surface area contributed by atoms with E-state index in [1.54, 1.807) is 18.6 Å². The second-order valence-electron chi connectivity index (χ2n) is 4.37. The molecule has 1 fully saturated rings. The van der Waals surface area contributed by atoms with Crippen LogP contribution in [-0.2, 0) is 15.1 Å². The van der Waals surface area contributed by atoms with Crippen LogP contribution in [-0.4, -0.2) is 35.6 Å². The molecule has 3 heterocycles. The molecule has 6 nitrogen and oxygen atoms in total. The highest BCUT2D eigenvalue weighted by molar-refractivity contribution is 7.13. The summed E-state index contributed by atoms with van der Waals surface area (Å²) >= 11 is 1.36. The first kappa shape index (κ1) is 12.6. The van der Waals surface area contributed by atoms with Gasteiger partial charge >= 0.3 is 0 Å². The van der Waals surface area contributed by atoms with Crippen LogP contribution < -0.4 is 0 Å². The number of hydrogen-bond acceptors (Lipinski definition) is 7. The average molecular weight is 282 g/mol. The second-order valence-corrected chi connectivity index (χ2v) is 5.29. The Morgan fingerprint density at radius 2 is 2.21 bits per heavy atom. The molecule has 3 rings (SSSR count). The molecule has 0 unspecified atom stereocenters. The second kappa shape index (κ2) is 4.92. The Bertz CT molecular complexity index is 560. The van der Waals surface area contributed by atoms with Crippen molar-refractivity contribution in [3.8, 4) is 16.5 Å². The van der Waals surface area contributed by atoms with Gasteiger partial charge in [0, 0.05) is 33.2 Å². The van der Waals surface area contributed by atoms with Crippen LogP contribution >= 0.6 is 11.3 Å². The van der Waals surface area contributed by atoms with Crippen LogP contribution in [0.5, 0.6) is 5.75 Å². The van der Waals surface area contributed by atoms with E-state index in [1.165, 1.54) is 11.3 Å². The number of thiophene rings is 1. The number of rotatable bonds is 3. The van der Waals surface area contributed by atoms with Crippen LogP contribution in [0.4, 0.5) is 0 Å². The number of aromatic hydroxyl groups is 1. The fourth-order valence-corrected chi connectivity index (χ4v) is 2.89. The van der Waals surface area contributed by atoms with Crippen molar-refractivity contribution in [2.75, 3.05) is 20.3 Å². The topological polar surface area (TPSA) is 77.6 Å². The smallest absolute Gasteiger partial charge is 0.271 e. The van der Waals surface area contributed by atoms with Gasteiger partial charge in [0.15, 0.2) is 0 Å².